The van der Waals surface area contributed by atoms with Crippen molar-refractivity contribution in [1.29, 1.82) is 0 Å². The summed E-state index contributed by atoms with van der Waals surface area (Å²) in [6.45, 7) is 1.02. The lowest BCUT2D eigenvalue weighted by Crippen LogP contribution is -2.32. The Bertz CT molecular complexity index is 1010. The van der Waals surface area contributed by atoms with Gasteiger partial charge in [0.05, 0.1) is 11.4 Å². The number of anilines is 1. The van der Waals surface area contributed by atoms with Gasteiger partial charge < -0.3 is 0 Å². The summed E-state index contributed by atoms with van der Waals surface area (Å²) in [7, 11) is -3.45. The molecule has 0 aliphatic carbocycles. The minimum Gasteiger partial charge on any atom is -0.289 e. The van der Waals surface area contributed by atoms with Crippen molar-refractivity contribution in [1.82, 2.24) is 0 Å². The van der Waals surface area contributed by atoms with Gasteiger partial charge in [-0.1, -0.05) is 6.92 Å². The van der Waals surface area contributed by atoms with Crippen LogP contribution in [0.25, 0.3) is 0 Å². The molecule has 0 aromatic heterocycles. The molecule has 1 N–H and O–H groups in total. The van der Waals surface area contributed by atoms with E-state index in [1.54, 1.807) is 0 Å². The second-order valence-corrected chi connectivity index (χ2v) is 9.92. The van der Waals surface area contributed by atoms with Crippen LogP contribution in [0.5, 0.6) is 0 Å². The maximum absolute atomic E-state index is 14.6. The number of halogens is 3. The minimum absolute atomic E-state index is 0.0716. The van der Waals surface area contributed by atoms with E-state index < -0.39 is 50.8 Å². The summed E-state index contributed by atoms with van der Waals surface area (Å²) in [6.07, 6.45) is 0. The monoisotopic (exact) mass is 495 g/mol. The molecule has 0 heterocycles. The number of nitrogens with zero attached hydrogens (tertiary/aromatic N) is 1. The van der Waals surface area contributed by atoms with Crippen LogP contribution < -0.4 is 4.31 Å². The van der Waals surface area contributed by atoms with Gasteiger partial charge in [0.1, 0.15) is 11.6 Å². The van der Waals surface area contributed by atoms with Crippen molar-refractivity contribution < 1.29 is 30.8 Å². The Morgan fingerprint density at radius 1 is 1.21 bits per heavy atom. The number of ketones is 1. The molecule has 2 rings (SSSR count). The van der Waals surface area contributed by atoms with Gasteiger partial charge in [0.2, 0.25) is 0 Å². The van der Waals surface area contributed by atoms with Crippen LogP contribution in [0.2, 0.25) is 0 Å². The Morgan fingerprint density at radius 3 is 2.36 bits per heavy atom. The van der Waals surface area contributed by atoms with Crippen molar-refractivity contribution in [2.24, 2.45) is 0 Å². The van der Waals surface area contributed by atoms with E-state index in [0.717, 1.165) is 24.3 Å². The van der Waals surface area contributed by atoms with Gasteiger partial charge in [-0.15, -0.1) is 0 Å². The second-order valence-electron chi connectivity index (χ2n) is 5.69. The summed E-state index contributed by atoms with van der Waals surface area (Å²) in [5.74, 6) is -2.69. The average Bonchev–Trinajstić information content (AvgIpc) is 2.64. The Morgan fingerprint density at radius 2 is 1.82 bits per heavy atom. The third-order valence-electron chi connectivity index (χ3n) is 3.89. The van der Waals surface area contributed by atoms with Crippen molar-refractivity contribution in [2.75, 3.05) is 22.4 Å². The first-order chi connectivity index (χ1) is 13.1. The minimum atomic E-state index is -3.45. The molecule has 152 valence electrons. The zero-order valence-electron chi connectivity index (χ0n) is 14.6. The van der Waals surface area contributed by atoms with Crippen molar-refractivity contribution in [3.05, 3.63) is 63.6 Å². The fraction of sp³-hybridized carbons (Fsp3) is 0.235. The molecule has 0 saturated carbocycles. The van der Waals surface area contributed by atoms with Crippen molar-refractivity contribution in [2.45, 2.75) is 6.92 Å². The number of rotatable bonds is 8. The summed E-state index contributed by atoms with van der Waals surface area (Å²) >= 11 is 0.444. The highest BCUT2D eigenvalue weighted by molar-refractivity contribution is 9.10. The number of carbonyl (C=O) groups excluding carboxylic acids is 1. The molecular weight excluding hydrogens is 480 g/mol. The molecule has 1 unspecified atom stereocenters. The maximum atomic E-state index is 14.6. The first-order valence-corrected chi connectivity index (χ1v) is 11.6. The Balaban J connectivity index is 2.39. The zero-order chi connectivity index (χ0) is 21.1. The highest BCUT2D eigenvalue weighted by Crippen LogP contribution is 2.30. The molecule has 0 radical (unpaired) electrons. The molecular formula is C17H16BrF2NO5S2. The van der Waals surface area contributed by atoms with Gasteiger partial charge in [-0.05, 0) is 52.3 Å². The topological polar surface area (TPSA) is 91.8 Å². The van der Waals surface area contributed by atoms with E-state index in [4.69, 9.17) is 0 Å². The fourth-order valence-corrected chi connectivity index (χ4v) is 4.24. The number of benzene rings is 2. The van der Waals surface area contributed by atoms with Gasteiger partial charge in [-0.3, -0.25) is 13.7 Å². The molecule has 6 nitrogen and oxygen atoms in total. The van der Waals surface area contributed by atoms with Crippen LogP contribution >= 0.6 is 15.9 Å². The largest absolute Gasteiger partial charge is 0.289 e. The van der Waals surface area contributed by atoms with E-state index in [-0.39, 0.29) is 27.0 Å². The van der Waals surface area contributed by atoms with Crippen LogP contribution in [0.4, 0.5) is 14.5 Å². The molecule has 0 fully saturated rings. The lowest BCUT2D eigenvalue weighted by Gasteiger charge is -2.21. The highest BCUT2D eigenvalue weighted by atomic mass is 79.9. The van der Waals surface area contributed by atoms with Crippen LogP contribution in [0, 0.1) is 11.6 Å². The number of hydrogen-bond donors (Lipinski definition) is 1. The highest BCUT2D eigenvalue weighted by Gasteiger charge is 2.23. The Labute approximate surface area is 172 Å². The first-order valence-electron chi connectivity index (χ1n) is 7.94. The predicted molar refractivity (Wildman–Crippen MR) is 106 cm³/mol. The van der Waals surface area contributed by atoms with Crippen LogP contribution in [0.15, 0.2) is 40.9 Å². The van der Waals surface area contributed by atoms with Crippen molar-refractivity contribution in [3.8, 4) is 0 Å². The molecule has 1 atom stereocenters. The summed E-state index contributed by atoms with van der Waals surface area (Å²) < 4.78 is 72.8. The normalized spacial score (nSPS) is 12.6. The quantitative estimate of drug-likeness (QED) is 0.447. The first kappa shape index (κ1) is 22.6. The Kier molecular flexibility index (Phi) is 7.43. The van der Waals surface area contributed by atoms with Gasteiger partial charge in [0.15, 0.2) is 15.6 Å². The van der Waals surface area contributed by atoms with Gasteiger partial charge in [0, 0.05) is 27.9 Å². The zero-order valence-corrected chi connectivity index (χ0v) is 17.8. The van der Waals surface area contributed by atoms with Gasteiger partial charge >= 0.3 is 0 Å². The van der Waals surface area contributed by atoms with E-state index in [1.807, 2.05) is 0 Å². The molecule has 0 aliphatic heterocycles. The molecule has 2 aromatic carbocycles. The van der Waals surface area contributed by atoms with Crippen LogP contribution in [-0.2, 0) is 21.1 Å². The van der Waals surface area contributed by atoms with Crippen LogP contribution in [0.3, 0.4) is 0 Å². The van der Waals surface area contributed by atoms with Gasteiger partial charge in [0.25, 0.3) is 11.3 Å². The molecule has 0 bridgehead atoms. The summed E-state index contributed by atoms with van der Waals surface area (Å²) in [6, 6.07) is 6.69. The van der Waals surface area contributed by atoms with E-state index in [1.165, 1.54) is 19.1 Å². The molecule has 0 amide bonds. The molecule has 0 spiro atoms. The van der Waals surface area contributed by atoms with Crippen LogP contribution in [0.1, 0.15) is 22.8 Å². The molecule has 0 aliphatic rings. The van der Waals surface area contributed by atoms with Gasteiger partial charge in [-0.2, -0.15) is 0 Å². The third-order valence-corrected chi connectivity index (χ3v) is 6.99. The fourth-order valence-electron chi connectivity index (χ4n) is 2.31. The average molecular weight is 496 g/mol. The lowest BCUT2D eigenvalue weighted by molar-refractivity contribution is 0.103. The predicted octanol–water partition coefficient (Wildman–Crippen LogP) is 3.34. The second kappa shape index (κ2) is 9.21. The smallest absolute Gasteiger partial charge is 0.261 e. The van der Waals surface area contributed by atoms with Crippen molar-refractivity contribution >= 4 is 48.5 Å². The van der Waals surface area contributed by atoms with Gasteiger partial charge in [-0.25, -0.2) is 21.4 Å². The number of hydrogen-bond acceptors (Lipinski definition) is 4. The Hall–Kier alpha value is -1.69. The third kappa shape index (κ3) is 5.43. The van der Waals surface area contributed by atoms with E-state index in [9.17, 15) is 30.8 Å². The summed E-state index contributed by atoms with van der Waals surface area (Å²) in [5, 5.41) is 0. The van der Waals surface area contributed by atoms with Crippen molar-refractivity contribution in [3.63, 3.8) is 0 Å². The van der Waals surface area contributed by atoms with E-state index >= 15 is 0 Å². The number of carbonyl (C=O) groups is 1. The lowest BCUT2D eigenvalue weighted by atomic mass is 10.0. The molecule has 0 saturated heterocycles. The SMILES string of the molecule is CCS(=O)(=O)CCN(c1cc(Br)c(C(=O)c2ccc(F)cc2)cc1F)S(=O)O. The van der Waals surface area contributed by atoms with E-state index in [2.05, 4.69) is 15.9 Å². The van der Waals surface area contributed by atoms with Crippen LogP contribution in [-0.4, -0.2) is 41.0 Å². The standard InChI is InChI=1S/C17H16BrF2NO5S2/c1-2-28(25,26)8-7-21(27(23)24)16-10-14(18)13(9-15(16)20)17(22)11-3-5-12(19)6-4-11/h3-6,9-10H,2,7-8H2,1H3,(H,23,24). The van der Waals surface area contributed by atoms with E-state index in [0.29, 0.717) is 4.31 Å². The summed E-state index contributed by atoms with van der Waals surface area (Å²) in [5.41, 5.74) is -0.279. The number of sulfone groups is 1. The maximum Gasteiger partial charge on any atom is 0.261 e. The molecule has 11 heteroatoms. The molecule has 28 heavy (non-hydrogen) atoms. The summed E-state index contributed by atoms with van der Waals surface area (Å²) in [4.78, 5) is 12.5. The molecule has 2 aromatic rings.